The highest BCUT2D eigenvalue weighted by molar-refractivity contribution is 5.79. The summed E-state index contributed by atoms with van der Waals surface area (Å²) in [4.78, 5) is 22.4. The first-order valence-electron chi connectivity index (χ1n) is 4.28. The number of aryl methyl sites for hydroxylation is 1. The Bertz CT molecular complexity index is 426. The first-order valence-corrected chi connectivity index (χ1v) is 4.28. The lowest BCUT2D eigenvalue weighted by molar-refractivity contribution is -0.142. The molecule has 0 bridgehead atoms. The largest absolute Gasteiger partial charge is 0.481 e. The second-order valence-electron chi connectivity index (χ2n) is 3.91. The average Bonchev–Trinajstić information content (AvgIpc) is 2.33. The lowest BCUT2D eigenvalue weighted by Crippen LogP contribution is -2.30. The molecule has 0 spiro atoms. The molecule has 14 heavy (non-hydrogen) atoms. The van der Waals surface area contributed by atoms with Crippen LogP contribution in [0.2, 0.25) is 0 Å². The van der Waals surface area contributed by atoms with Crippen molar-refractivity contribution in [1.29, 1.82) is 0 Å². The van der Waals surface area contributed by atoms with E-state index >= 15 is 0 Å². The van der Waals surface area contributed by atoms with Gasteiger partial charge in [0.05, 0.1) is 5.69 Å². The molecule has 0 aliphatic heterocycles. The van der Waals surface area contributed by atoms with Crippen LogP contribution in [0.5, 0.6) is 0 Å². The second-order valence-corrected chi connectivity index (χ2v) is 3.91. The van der Waals surface area contributed by atoms with Gasteiger partial charge in [-0.2, -0.15) is 0 Å². The third-order valence-electron chi connectivity index (χ3n) is 2.44. The molecule has 0 aliphatic carbocycles. The standard InChI is InChI=1S/C9H14N2O3/c1-5-6(9(2,3)8(13)14)10-11(4)7(5)12/h10H,1-4H3,(H,13,14). The number of nitrogens with zero attached hydrogens (tertiary/aromatic N) is 1. The van der Waals surface area contributed by atoms with Gasteiger partial charge >= 0.3 is 5.97 Å². The van der Waals surface area contributed by atoms with Gasteiger partial charge in [0.2, 0.25) is 0 Å². The van der Waals surface area contributed by atoms with Crippen molar-refractivity contribution in [2.45, 2.75) is 26.2 Å². The third-order valence-corrected chi connectivity index (χ3v) is 2.44. The first kappa shape index (κ1) is 10.6. The van der Waals surface area contributed by atoms with E-state index in [0.717, 1.165) is 0 Å². The Hall–Kier alpha value is -1.52. The molecule has 5 nitrogen and oxygen atoms in total. The summed E-state index contributed by atoms with van der Waals surface area (Å²) < 4.78 is 1.29. The molecule has 0 unspecified atom stereocenters. The molecule has 0 radical (unpaired) electrons. The zero-order valence-corrected chi connectivity index (χ0v) is 8.71. The van der Waals surface area contributed by atoms with Crippen LogP contribution in [-0.4, -0.2) is 20.9 Å². The van der Waals surface area contributed by atoms with Crippen LogP contribution < -0.4 is 5.56 Å². The van der Waals surface area contributed by atoms with Crippen molar-refractivity contribution in [3.8, 4) is 0 Å². The predicted octanol–water partition coefficient (Wildman–Crippen LogP) is 0.384. The van der Waals surface area contributed by atoms with Crippen molar-refractivity contribution in [3.63, 3.8) is 0 Å². The van der Waals surface area contributed by atoms with Crippen molar-refractivity contribution < 1.29 is 9.90 Å². The van der Waals surface area contributed by atoms with Crippen molar-refractivity contribution in [2.24, 2.45) is 7.05 Å². The summed E-state index contributed by atoms with van der Waals surface area (Å²) in [6, 6.07) is 0. The lowest BCUT2D eigenvalue weighted by atomic mass is 9.87. The fourth-order valence-corrected chi connectivity index (χ4v) is 1.38. The molecule has 0 saturated heterocycles. The van der Waals surface area contributed by atoms with Crippen LogP contribution in [0.25, 0.3) is 0 Å². The highest BCUT2D eigenvalue weighted by Gasteiger charge is 2.33. The molecule has 1 heterocycles. The van der Waals surface area contributed by atoms with Gasteiger partial charge in [-0.3, -0.25) is 19.4 Å². The Kier molecular flexibility index (Phi) is 2.27. The minimum atomic E-state index is -1.06. The summed E-state index contributed by atoms with van der Waals surface area (Å²) in [5.41, 5.74) is -0.337. The number of rotatable bonds is 2. The van der Waals surface area contributed by atoms with Crippen LogP contribution in [0, 0.1) is 6.92 Å². The summed E-state index contributed by atoms with van der Waals surface area (Å²) in [5.74, 6) is -0.956. The van der Waals surface area contributed by atoms with Gasteiger partial charge in [-0.25, -0.2) is 0 Å². The van der Waals surface area contributed by atoms with E-state index in [2.05, 4.69) is 5.10 Å². The van der Waals surface area contributed by atoms with E-state index in [9.17, 15) is 9.59 Å². The topological polar surface area (TPSA) is 75.1 Å². The lowest BCUT2D eigenvalue weighted by Gasteiger charge is -2.17. The number of aliphatic carboxylic acids is 1. The molecule has 0 aliphatic rings. The minimum Gasteiger partial charge on any atom is -0.481 e. The highest BCUT2D eigenvalue weighted by Crippen LogP contribution is 2.22. The predicted molar refractivity (Wildman–Crippen MR) is 51.4 cm³/mol. The molecule has 0 atom stereocenters. The number of aromatic nitrogens is 2. The van der Waals surface area contributed by atoms with Gasteiger partial charge in [-0.1, -0.05) is 0 Å². The van der Waals surface area contributed by atoms with Crippen molar-refractivity contribution in [1.82, 2.24) is 9.78 Å². The van der Waals surface area contributed by atoms with E-state index in [-0.39, 0.29) is 5.56 Å². The normalized spacial score (nSPS) is 11.7. The Balaban J connectivity index is 3.41. The maximum Gasteiger partial charge on any atom is 0.315 e. The summed E-state index contributed by atoms with van der Waals surface area (Å²) in [5, 5.41) is 11.7. The van der Waals surface area contributed by atoms with E-state index in [1.165, 1.54) is 4.68 Å². The van der Waals surface area contributed by atoms with Gasteiger partial charge in [0.15, 0.2) is 0 Å². The van der Waals surface area contributed by atoms with Crippen molar-refractivity contribution >= 4 is 5.97 Å². The molecule has 1 aromatic rings. The van der Waals surface area contributed by atoms with Crippen molar-refractivity contribution in [3.05, 3.63) is 21.6 Å². The first-order chi connectivity index (χ1) is 6.28. The molecule has 5 heteroatoms. The van der Waals surface area contributed by atoms with Crippen LogP contribution in [0.1, 0.15) is 25.1 Å². The molecule has 1 aromatic heterocycles. The Labute approximate surface area is 81.3 Å². The van der Waals surface area contributed by atoms with Crippen LogP contribution in [-0.2, 0) is 17.3 Å². The second kappa shape index (κ2) is 3.01. The van der Waals surface area contributed by atoms with Crippen molar-refractivity contribution in [2.75, 3.05) is 0 Å². The van der Waals surface area contributed by atoms with E-state index in [1.54, 1.807) is 27.8 Å². The van der Waals surface area contributed by atoms with Gasteiger partial charge < -0.3 is 5.11 Å². The van der Waals surface area contributed by atoms with E-state index in [4.69, 9.17) is 5.11 Å². The number of carboxylic acid groups (broad SMARTS) is 1. The van der Waals surface area contributed by atoms with E-state index in [1.807, 2.05) is 0 Å². The Morgan fingerprint density at radius 2 is 2.00 bits per heavy atom. The molecule has 1 rings (SSSR count). The summed E-state index contributed by atoms with van der Waals surface area (Å²) in [6.07, 6.45) is 0. The van der Waals surface area contributed by atoms with Crippen LogP contribution >= 0.6 is 0 Å². The minimum absolute atomic E-state index is 0.186. The maximum absolute atomic E-state index is 11.4. The number of carbonyl (C=O) groups is 1. The molecular formula is C9H14N2O3. The van der Waals surface area contributed by atoms with E-state index < -0.39 is 11.4 Å². The SMILES string of the molecule is Cc1c(C(C)(C)C(=O)O)[nH]n(C)c1=O. The molecule has 0 saturated carbocycles. The highest BCUT2D eigenvalue weighted by atomic mass is 16.4. The number of hydrogen-bond acceptors (Lipinski definition) is 2. The van der Waals surface area contributed by atoms with Gasteiger partial charge in [0.1, 0.15) is 5.41 Å². The summed E-state index contributed by atoms with van der Waals surface area (Å²) in [6.45, 7) is 4.75. The molecule has 2 N–H and O–H groups in total. The smallest absolute Gasteiger partial charge is 0.315 e. The molecular weight excluding hydrogens is 184 g/mol. The number of aromatic amines is 1. The Morgan fingerprint density at radius 3 is 2.29 bits per heavy atom. The number of hydrogen-bond donors (Lipinski definition) is 2. The zero-order valence-electron chi connectivity index (χ0n) is 8.71. The van der Waals surface area contributed by atoms with Crippen LogP contribution in [0.4, 0.5) is 0 Å². The maximum atomic E-state index is 11.4. The third kappa shape index (κ3) is 1.34. The van der Waals surface area contributed by atoms with Gasteiger partial charge in [0, 0.05) is 12.6 Å². The average molecular weight is 198 g/mol. The monoisotopic (exact) mass is 198 g/mol. The summed E-state index contributed by atoms with van der Waals surface area (Å²) in [7, 11) is 1.57. The molecule has 0 amide bonds. The fraction of sp³-hybridized carbons (Fsp3) is 0.556. The van der Waals surface area contributed by atoms with Crippen LogP contribution in [0.3, 0.4) is 0 Å². The van der Waals surface area contributed by atoms with E-state index in [0.29, 0.717) is 11.3 Å². The fourth-order valence-electron chi connectivity index (χ4n) is 1.38. The molecule has 78 valence electrons. The van der Waals surface area contributed by atoms with Crippen LogP contribution in [0.15, 0.2) is 4.79 Å². The molecule has 0 aromatic carbocycles. The van der Waals surface area contributed by atoms with Gasteiger partial charge in [-0.05, 0) is 20.8 Å². The zero-order chi connectivity index (χ0) is 11.1. The number of carboxylic acids is 1. The van der Waals surface area contributed by atoms with Gasteiger partial charge in [0.25, 0.3) is 5.56 Å². The number of H-pyrrole nitrogens is 1. The quantitative estimate of drug-likeness (QED) is 0.721. The summed E-state index contributed by atoms with van der Waals surface area (Å²) >= 11 is 0. The van der Waals surface area contributed by atoms with Gasteiger partial charge in [-0.15, -0.1) is 0 Å². The molecule has 0 fully saturated rings. The number of nitrogens with one attached hydrogen (secondary N) is 1. The Morgan fingerprint density at radius 1 is 1.50 bits per heavy atom.